The van der Waals surface area contributed by atoms with Crippen LogP contribution < -0.4 is 9.47 Å². The van der Waals surface area contributed by atoms with Crippen molar-refractivity contribution < 1.29 is 24.2 Å². The molecule has 1 N–H and O–H groups in total. The normalized spacial score (nSPS) is 24.4. The van der Waals surface area contributed by atoms with Crippen LogP contribution in [0.3, 0.4) is 0 Å². The highest BCUT2D eigenvalue weighted by atomic mass is 16.7. The number of aromatic hydroxyl groups is 1. The third-order valence-corrected chi connectivity index (χ3v) is 7.24. The lowest BCUT2D eigenvalue weighted by Crippen LogP contribution is -2.64. The summed E-state index contributed by atoms with van der Waals surface area (Å²) in [6, 6.07) is 15.4. The maximum absolute atomic E-state index is 10.2. The van der Waals surface area contributed by atoms with Gasteiger partial charge in [0.05, 0.1) is 6.61 Å². The van der Waals surface area contributed by atoms with Crippen LogP contribution in [0.1, 0.15) is 72.0 Å². The molecule has 34 heavy (non-hydrogen) atoms. The minimum atomic E-state index is -0.249. The lowest BCUT2D eigenvalue weighted by atomic mass is 9.75. The molecule has 0 radical (unpaired) electrons. The summed E-state index contributed by atoms with van der Waals surface area (Å²) in [4.78, 5) is 6.73. The highest BCUT2D eigenvalue weighted by molar-refractivity contribution is 5.38. The molecular weight excluding hydrogens is 430 g/mol. The van der Waals surface area contributed by atoms with Gasteiger partial charge in [0.15, 0.2) is 11.5 Å². The third kappa shape index (κ3) is 5.51. The van der Waals surface area contributed by atoms with Gasteiger partial charge < -0.3 is 19.3 Å². The van der Waals surface area contributed by atoms with Crippen molar-refractivity contribution in [2.24, 2.45) is 0 Å². The van der Waals surface area contributed by atoms with Crippen LogP contribution in [0.5, 0.6) is 17.2 Å². The SMILES string of the molecule is CCC1(CC)CC(Oc2ccccc2O)CC(C)(C)N1OC(C)c1ccc(OCC2CO2)cc1. The number of piperidine rings is 1. The summed E-state index contributed by atoms with van der Waals surface area (Å²) in [6.45, 7) is 12.4. The van der Waals surface area contributed by atoms with Crippen molar-refractivity contribution in [3.63, 3.8) is 0 Å². The highest BCUT2D eigenvalue weighted by Crippen LogP contribution is 2.46. The van der Waals surface area contributed by atoms with E-state index in [0.29, 0.717) is 12.4 Å². The average molecular weight is 470 g/mol. The molecule has 186 valence electrons. The van der Waals surface area contributed by atoms with E-state index in [2.05, 4.69) is 51.8 Å². The number of epoxide rings is 1. The van der Waals surface area contributed by atoms with E-state index in [-0.39, 0.29) is 35.1 Å². The molecule has 2 fully saturated rings. The molecule has 2 aliphatic rings. The first kappa shape index (κ1) is 24.8. The molecule has 0 saturated carbocycles. The zero-order valence-corrected chi connectivity index (χ0v) is 21.1. The van der Waals surface area contributed by atoms with Crippen LogP contribution >= 0.6 is 0 Å². The summed E-state index contributed by atoms with van der Waals surface area (Å²) in [5.74, 6) is 1.58. The molecule has 2 aromatic carbocycles. The first-order chi connectivity index (χ1) is 16.3. The first-order valence-corrected chi connectivity index (χ1v) is 12.5. The van der Waals surface area contributed by atoms with Crippen LogP contribution in [0.25, 0.3) is 0 Å². The van der Waals surface area contributed by atoms with E-state index in [1.54, 1.807) is 6.07 Å². The quantitative estimate of drug-likeness (QED) is 0.428. The predicted octanol–water partition coefficient (Wildman–Crippen LogP) is 6.04. The fourth-order valence-electron chi connectivity index (χ4n) is 5.17. The predicted molar refractivity (Wildman–Crippen MR) is 132 cm³/mol. The van der Waals surface area contributed by atoms with Gasteiger partial charge in [-0.1, -0.05) is 38.1 Å². The zero-order valence-electron chi connectivity index (χ0n) is 21.1. The van der Waals surface area contributed by atoms with E-state index >= 15 is 0 Å². The van der Waals surface area contributed by atoms with Gasteiger partial charge >= 0.3 is 0 Å². The van der Waals surface area contributed by atoms with E-state index in [9.17, 15) is 5.11 Å². The third-order valence-electron chi connectivity index (χ3n) is 7.24. The van der Waals surface area contributed by atoms with Gasteiger partial charge in [-0.25, -0.2) is 0 Å². The van der Waals surface area contributed by atoms with Crippen LogP contribution in [0.2, 0.25) is 0 Å². The Hall–Kier alpha value is -2.28. The highest BCUT2D eigenvalue weighted by Gasteiger charge is 2.51. The second-order valence-corrected chi connectivity index (χ2v) is 10.2. The van der Waals surface area contributed by atoms with Gasteiger partial charge in [-0.05, 0) is 63.4 Å². The monoisotopic (exact) mass is 469 g/mol. The fourth-order valence-corrected chi connectivity index (χ4v) is 5.17. The smallest absolute Gasteiger partial charge is 0.161 e. The van der Waals surface area contributed by atoms with Gasteiger partial charge in [0.1, 0.15) is 30.7 Å². The average Bonchev–Trinajstić information content (AvgIpc) is 3.65. The van der Waals surface area contributed by atoms with E-state index in [0.717, 1.165) is 43.6 Å². The lowest BCUT2D eigenvalue weighted by Gasteiger charge is -2.56. The second-order valence-electron chi connectivity index (χ2n) is 10.2. The minimum Gasteiger partial charge on any atom is -0.504 e. The standard InChI is InChI=1S/C28H39NO5/c1-6-28(7-2)17-23(33-26-11-9-8-10-25(26)30)16-27(4,5)29(28)34-20(3)21-12-14-22(15-13-21)31-18-24-19-32-24/h8-15,20,23-24,30H,6-7,16-19H2,1-5H3. The summed E-state index contributed by atoms with van der Waals surface area (Å²) >= 11 is 0. The van der Waals surface area contributed by atoms with Crippen molar-refractivity contribution in [3.05, 3.63) is 54.1 Å². The number of rotatable bonds is 10. The number of ether oxygens (including phenoxy) is 3. The van der Waals surface area contributed by atoms with Crippen molar-refractivity contribution in [2.45, 2.75) is 89.7 Å². The lowest BCUT2D eigenvalue weighted by molar-refractivity contribution is -0.321. The molecule has 2 aromatic rings. The minimum absolute atomic E-state index is 0.00904. The Bertz CT molecular complexity index is 936. The number of hydrogen-bond acceptors (Lipinski definition) is 6. The Labute approximate surface area is 203 Å². The molecule has 3 unspecified atom stereocenters. The van der Waals surface area contributed by atoms with Crippen LogP contribution in [-0.4, -0.2) is 46.7 Å². The molecule has 6 nitrogen and oxygen atoms in total. The Balaban J connectivity index is 1.47. The molecule has 2 saturated heterocycles. The van der Waals surface area contributed by atoms with Crippen LogP contribution in [-0.2, 0) is 9.57 Å². The number of phenols is 1. The van der Waals surface area contributed by atoms with Crippen LogP contribution in [0, 0.1) is 0 Å². The Kier molecular flexibility index (Phi) is 7.41. The van der Waals surface area contributed by atoms with Crippen molar-refractivity contribution in [1.82, 2.24) is 5.06 Å². The zero-order chi connectivity index (χ0) is 24.3. The van der Waals surface area contributed by atoms with Gasteiger partial charge in [-0.3, -0.25) is 4.84 Å². The summed E-state index contributed by atoms with van der Waals surface area (Å²) < 4.78 is 17.3. The maximum atomic E-state index is 10.2. The Morgan fingerprint density at radius 3 is 2.35 bits per heavy atom. The van der Waals surface area contributed by atoms with E-state index < -0.39 is 0 Å². The molecule has 0 aromatic heterocycles. The van der Waals surface area contributed by atoms with Crippen molar-refractivity contribution in [2.75, 3.05) is 13.2 Å². The Morgan fingerprint density at radius 2 is 1.74 bits per heavy atom. The molecule has 2 aliphatic heterocycles. The van der Waals surface area contributed by atoms with Gasteiger partial charge in [0, 0.05) is 23.9 Å². The molecule has 0 spiro atoms. The topological polar surface area (TPSA) is 63.7 Å². The van der Waals surface area contributed by atoms with E-state index in [4.69, 9.17) is 19.0 Å². The van der Waals surface area contributed by atoms with Crippen molar-refractivity contribution >= 4 is 0 Å². The number of nitrogens with zero attached hydrogens (tertiary/aromatic N) is 1. The van der Waals surface area contributed by atoms with Gasteiger partial charge in [-0.2, -0.15) is 5.06 Å². The van der Waals surface area contributed by atoms with Crippen molar-refractivity contribution in [3.8, 4) is 17.2 Å². The largest absolute Gasteiger partial charge is 0.504 e. The molecule has 3 atom stereocenters. The first-order valence-electron chi connectivity index (χ1n) is 12.5. The molecule has 0 bridgehead atoms. The number of phenolic OH excluding ortho intramolecular Hbond substituents is 1. The summed E-state index contributed by atoms with van der Waals surface area (Å²) in [5, 5.41) is 12.5. The summed E-state index contributed by atoms with van der Waals surface area (Å²) in [7, 11) is 0. The van der Waals surface area contributed by atoms with Gasteiger partial charge in [-0.15, -0.1) is 0 Å². The number of benzene rings is 2. The fraction of sp³-hybridized carbons (Fsp3) is 0.571. The number of para-hydroxylation sites is 2. The Morgan fingerprint density at radius 1 is 1.06 bits per heavy atom. The van der Waals surface area contributed by atoms with Crippen LogP contribution in [0.15, 0.2) is 48.5 Å². The number of hydroxylamine groups is 2. The molecule has 0 aliphatic carbocycles. The maximum Gasteiger partial charge on any atom is 0.161 e. The van der Waals surface area contributed by atoms with Crippen LogP contribution in [0.4, 0.5) is 0 Å². The second kappa shape index (κ2) is 10.1. The molecule has 6 heteroatoms. The van der Waals surface area contributed by atoms with E-state index in [1.807, 2.05) is 30.3 Å². The van der Waals surface area contributed by atoms with Gasteiger partial charge in [0.25, 0.3) is 0 Å². The molecule has 2 heterocycles. The summed E-state index contributed by atoms with van der Waals surface area (Å²) in [6.07, 6.45) is 3.65. The van der Waals surface area contributed by atoms with E-state index in [1.165, 1.54) is 0 Å². The molecule has 4 rings (SSSR count). The molecular formula is C28H39NO5. The van der Waals surface area contributed by atoms with Crippen molar-refractivity contribution in [1.29, 1.82) is 0 Å². The molecule has 0 amide bonds. The number of hydrogen-bond donors (Lipinski definition) is 1. The summed E-state index contributed by atoms with van der Waals surface area (Å²) in [5.41, 5.74) is 0.693. The van der Waals surface area contributed by atoms with Gasteiger partial charge in [0.2, 0.25) is 0 Å².